The highest BCUT2D eigenvalue weighted by Gasteiger charge is 2.04. The van der Waals surface area contributed by atoms with Crippen molar-refractivity contribution in [1.82, 2.24) is 9.97 Å². The lowest BCUT2D eigenvalue weighted by atomic mass is 10.2. The van der Waals surface area contributed by atoms with Crippen LogP contribution in [-0.4, -0.2) is 9.97 Å². The molecule has 0 aromatic carbocycles. The molecule has 0 spiro atoms. The number of fused-ring (bicyclic) bond motifs is 1. The van der Waals surface area contributed by atoms with Crippen molar-refractivity contribution in [3.8, 4) is 0 Å². The third-order valence-electron chi connectivity index (χ3n) is 1.72. The Morgan fingerprint density at radius 3 is 3.09 bits per heavy atom. The first-order valence-corrected chi connectivity index (χ1v) is 3.37. The van der Waals surface area contributed by atoms with Crippen LogP contribution in [0.3, 0.4) is 0 Å². The van der Waals surface area contributed by atoms with Crippen molar-refractivity contribution in [2.45, 2.75) is 6.92 Å². The van der Waals surface area contributed by atoms with Gasteiger partial charge in [0.05, 0.1) is 5.39 Å². The fraction of sp³-hybridized carbons (Fsp3) is 0.125. The van der Waals surface area contributed by atoms with Crippen LogP contribution in [0.15, 0.2) is 18.5 Å². The molecule has 0 aliphatic heterocycles. The fourth-order valence-corrected chi connectivity index (χ4v) is 1.17. The molecule has 0 amide bonds. The number of H-pyrrole nitrogens is 1. The Morgan fingerprint density at radius 2 is 2.36 bits per heavy atom. The second-order valence-electron chi connectivity index (χ2n) is 2.49. The van der Waals surface area contributed by atoms with E-state index in [9.17, 15) is 4.39 Å². The molecule has 2 rings (SSSR count). The van der Waals surface area contributed by atoms with Gasteiger partial charge in [-0.25, -0.2) is 9.37 Å². The van der Waals surface area contributed by atoms with Gasteiger partial charge in [0.1, 0.15) is 11.5 Å². The molecule has 2 aromatic rings. The highest BCUT2D eigenvalue weighted by molar-refractivity contribution is 5.79. The van der Waals surface area contributed by atoms with Crippen molar-refractivity contribution in [2.24, 2.45) is 0 Å². The normalized spacial score (nSPS) is 10.7. The lowest BCUT2D eigenvalue weighted by Crippen LogP contribution is -1.80. The Kier molecular flexibility index (Phi) is 1.18. The maximum Gasteiger partial charge on any atom is 0.140 e. The number of aromatic nitrogens is 2. The van der Waals surface area contributed by atoms with E-state index in [1.807, 2.05) is 6.92 Å². The van der Waals surface area contributed by atoms with E-state index in [0.29, 0.717) is 11.0 Å². The first-order chi connectivity index (χ1) is 5.29. The molecule has 0 fully saturated rings. The summed E-state index contributed by atoms with van der Waals surface area (Å²) in [5.41, 5.74) is 1.51. The van der Waals surface area contributed by atoms with Crippen LogP contribution in [0, 0.1) is 12.7 Å². The first-order valence-electron chi connectivity index (χ1n) is 3.37. The van der Waals surface area contributed by atoms with Crippen LogP contribution in [0.1, 0.15) is 5.56 Å². The largest absolute Gasteiger partial charge is 0.346 e. The molecule has 0 saturated carbocycles. The Morgan fingerprint density at radius 1 is 1.55 bits per heavy atom. The van der Waals surface area contributed by atoms with Gasteiger partial charge in [0.15, 0.2) is 0 Å². The lowest BCUT2D eigenvalue weighted by molar-refractivity contribution is 0.638. The van der Waals surface area contributed by atoms with Crippen molar-refractivity contribution in [2.75, 3.05) is 0 Å². The summed E-state index contributed by atoms with van der Waals surface area (Å²) in [6, 6.07) is 1.36. The van der Waals surface area contributed by atoms with Gasteiger partial charge in [-0.15, -0.1) is 0 Å². The van der Waals surface area contributed by atoms with Gasteiger partial charge in [0, 0.05) is 12.4 Å². The minimum Gasteiger partial charge on any atom is -0.346 e. The van der Waals surface area contributed by atoms with Crippen molar-refractivity contribution in [3.05, 3.63) is 29.8 Å². The Balaban J connectivity index is 2.96. The number of hydrogen-bond acceptors (Lipinski definition) is 1. The Labute approximate surface area is 63.1 Å². The van der Waals surface area contributed by atoms with Gasteiger partial charge in [-0.1, -0.05) is 0 Å². The molecule has 0 bridgehead atoms. The second-order valence-corrected chi connectivity index (χ2v) is 2.49. The number of aryl methyl sites for hydroxylation is 1. The van der Waals surface area contributed by atoms with Gasteiger partial charge in [-0.05, 0) is 18.6 Å². The summed E-state index contributed by atoms with van der Waals surface area (Å²) >= 11 is 0. The van der Waals surface area contributed by atoms with E-state index >= 15 is 0 Å². The summed E-state index contributed by atoms with van der Waals surface area (Å²) in [6.45, 7) is 1.85. The Hall–Kier alpha value is -1.38. The molecular formula is C8H7FN2. The van der Waals surface area contributed by atoms with Crippen LogP contribution in [0.25, 0.3) is 11.0 Å². The third kappa shape index (κ3) is 0.808. The topological polar surface area (TPSA) is 28.7 Å². The van der Waals surface area contributed by atoms with Gasteiger partial charge in [-0.3, -0.25) is 0 Å². The lowest BCUT2D eigenvalue weighted by Gasteiger charge is -1.90. The predicted octanol–water partition coefficient (Wildman–Crippen LogP) is 2.01. The monoisotopic (exact) mass is 150 g/mol. The standard InChI is InChI=1S/C8H7FN2/c1-5-4-11-8-7(5)6(9)2-3-10-8/h2-4H,1H3,(H,10,11). The average molecular weight is 150 g/mol. The predicted molar refractivity (Wildman–Crippen MR) is 40.8 cm³/mol. The van der Waals surface area contributed by atoms with E-state index in [1.165, 1.54) is 12.3 Å². The van der Waals surface area contributed by atoms with E-state index in [2.05, 4.69) is 9.97 Å². The zero-order valence-corrected chi connectivity index (χ0v) is 6.06. The van der Waals surface area contributed by atoms with E-state index in [4.69, 9.17) is 0 Å². The molecule has 3 heteroatoms. The van der Waals surface area contributed by atoms with Crippen molar-refractivity contribution >= 4 is 11.0 Å². The van der Waals surface area contributed by atoms with Gasteiger partial charge < -0.3 is 4.98 Å². The minimum atomic E-state index is -0.214. The number of nitrogens with one attached hydrogen (secondary N) is 1. The maximum absolute atomic E-state index is 13.0. The highest BCUT2D eigenvalue weighted by Crippen LogP contribution is 2.17. The van der Waals surface area contributed by atoms with Crippen LogP contribution in [0.2, 0.25) is 0 Å². The average Bonchev–Trinajstić information content (AvgIpc) is 2.34. The summed E-state index contributed by atoms with van der Waals surface area (Å²) in [6.07, 6.45) is 3.20. The van der Waals surface area contributed by atoms with Gasteiger partial charge in [0.2, 0.25) is 0 Å². The molecule has 2 heterocycles. The molecule has 1 N–H and O–H groups in total. The molecule has 2 aromatic heterocycles. The van der Waals surface area contributed by atoms with Crippen LogP contribution >= 0.6 is 0 Å². The number of pyridine rings is 1. The van der Waals surface area contributed by atoms with Gasteiger partial charge in [-0.2, -0.15) is 0 Å². The van der Waals surface area contributed by atoms with Crippen LogP contribution in [0.5, 0.6) is 0 Å². The molecule has 2 nitrogen and oxygen atoms in total. The minimum absolute atomic E-state index is 0.214. The molecule has 0 unspecified atom stereocenters. The van der Waals surface area contributed by atoms with E-state index < -0.39 is 0 Å². The zero-order valence-electron chi connectivity index (χ0n) is 6.06. The van der Waals surface area contributed by atoms with E-state index in [0.717, 1.165) is 5.56 Å². The molecule has 0 radical (unpaired) electrons. The Bertz CT molecular complexity index is 392. The second kappa shape index (κ2) is 2.05. The molecular weight excluding hydrogens is 143 g/mol. The number of aromatic amines is 1. The SMILES string of the molecule is Cc1c[nH]c2nccc(F)c12. The number of nitrogens with zero attached hydrogens (tertiary/aromatic N) is 1. The van der Waals surface area contributed by atoms with E-state index in [1.54, 1.807) is 6.20 Å². The van der Waals surface area contributed by atoms with Crippen molar-refractivity contribution in [3.63, 3.8) is 0 Å². The van der Waals surface area contributed by atoms with E-state index in [-0.39, 0.29) is 5.82 Å². The summed E-state index contributed by atoms with van der Waals surface area (Å²) in [7, 11) is 0. The number of rotatable bonds is 0. The molecule has 0 saturated heterocycles. The highest BCUT2D eigenvalue weighted by atomic mass is 19.1. The molecule has 0 aliphatic rings. The number of hydrogen-bond donors (Lipinski definition) is 1. The zero-order chi connectivity index (χ0) is 7.84. The van der Waals surface area contributed by atoms with Crippen LogP contribution in [0.4, 0.5) is 4.39 Å². The van der Waals surface area contributed by atoms with Crippen molar-refractivity contribution in [1.29, 1.82) is 0 Å². The molecule has 11 heavy (non-hydrogen) atoms. The van der Waals surface area contributed by atoms with Gasteiger partial charge in [0.25, 0.3) is 0 Å². The van der Waals surface area contributed by atoms with Crippen LogP contribution in [-0.2, 0) is 0 Å². The summed E-state index contributed by atoms with van der Waals surface area (Å²) < 4.78 is 13.0. The smallest absolute Gasteiger partial charge is 0.140 e. The summed E-state index contributed by atoms with van der Waals surface area (Å²) in [4.78, 5) is 6.84. The molecule has 56 valence electrons. The summed E-state index contributed by atoms with van der Waals surface area (Å²) in [5.74, 6) is -0.214. The first kappa shape index (κ1) is 6.34. The van der Waals surface area contributed by atoms with Crippen LogP contribution < -0.4 is 0 Å². The van der Waals surface area contributed by atoms with Crippen molar-refractivity contribution < 1.29 is 4.39 Å². The fourth-order valence-electron chi connectivity index (χ4n) is 1.17. The molecule has 0 aliphatic carbocycles. The quantitative estimate of drug-likeness (QED) is 0.611. The number of halogens is 1. The molecule has 0 atom stereocenters. The third-order valence-corrected chi connectivity index (χ3v) is 1.72. The maximum atomic E-state index is 13.0. The summed E-state index contributed by atoms with van der Waals surface area (Å²) in [5, 5.41) is 0.590. The van der Waals surface area contributed by atoms with Gasteiger partial charge >= 0.3 is 0 Å².